The third kappa shape index (κ3) is 3.92. The summed E-state index contributed by atoms with van der Waals surface area (Å²) in [5.41, 5.74) is 0.919. The van der Waals surface area contributed by atoms with Gasteiger partial charge < -0.3 is 19.2 Å². The summed E-state index contributed by atoms with van der Waals surface area (Å²) in [5, 5.41) is 9.37. The van der Waals surface area contributed by atoms with E-state index in [1.54, 1.807) is 24.9 Å². The Bertz CT molecular complexity index is 923. The monoisotopic (exact) mass is 370 g/mol. The second-order valence-electron chi connectivity index (χ2n) is 6.73. The van der Waals surface area contributed by atoms with Crippen molar-refractivity contribution in [2.75, 3.05) is 13.2 Å². The number of aromatic nitrogens is 5. The number of ether oxygens (including phenoxy) is 1. The molecule has 0 bridgehead atoms. The Labute approximate surface area is 155 Å². The number of fused-ring (bicyclic) bond motifs is 1. The zero-order valence-corrected chi connectivity index (χ0v) is 14.9. The molecule has 27 heavy (non-hydrogen) atoms. The van der Waals surface area contributed by atoms with Gasteiger partial charge in [0.1, 0.15) is 5.69 Å². The van der Waals surface area contributed by atoms with Crippen molar-refractivity contribution in [3.8, 4) is 11.3 Å². The number of imidazole rings is 1. The lowest BCUT2D eigenvalue weighted by Gasteiger charge is -2.16. The molecule has 4 rings (SSSR count). The fourth-order valence-electron chi connectivity index (χ4n) is 3.36. The Kier molecular flexibility index (Phi) is 5.01. The Hall–Kier alpha value is -2.94. The van der Waals surface area contributed by atoms with E-state index in [9.17, 15) is 9.59 Å². The van der Waals surface area contributed by atoms with E-state index < -0.39 is 0 Å². The molecule has 0 aromatic carbocycles. The van der Waals surface area contributed by atoms with E-state index in [0.29, 0.717) is 29.9 Å². The van der Waals surface area contributed by atoms with Gasteiger partial charge in [0, 0.05) is 51.0 Å². The molecular weight excluding hydrogens is 348 g/mol. The number of hydrogen-bond donors (Lipinski definition) is 2. The van der Waals surface area contributed by atoms with Crippen LogP contribution in [0.4, 0.5) is 0 Å². The summed E-state index contributed by atoms with van der Waals surface area (Å²) in [5.74, 6) is -0.237. The highest BCUT2D eigenvalue weighted by Gasteiger charge is 2.23. The topological polar surface area (TPSA) is 107 Å². The molecule has 0 radical (unpaired) electrons. The van der Waals surface area contributed by atoms with E-state index in [2.05, 4.69) is 20.5 Å². The van der Waals surface area contributed by atoms with Crippen LogP contribution in [0.3, 0.4) is 0 Å². The standard InChI is InChI=1S/C18H22N6O3/c25-17(20-4-2-6-23-7-5-19-12-23)14-10-24(9-13-3-1-8-27-13)11-15-16(14)21-22-18(15)26/h5,7,10-13H,1-4,6,8-9H2,(H,20,25)(H,22,26)/t13-/m0/s1. The van der Waals surface area contributed by atoms with Gasteiger partial charge in [0.2, 0.25) is 0 Å². The molecule has 0 aliphatic carbocycles. The minimum atomic E-state index is -0.291. The Morgan fingerprint density at radius 1 is 1.37 bits per heavy atom. The molecule has 1 atom stereocenters. The second kappa shape index (κ2) is 7.75. The molecular formula is C18H22N6O3. The molecule has 4 heterocycles. The Morgan fingerprint density at radius 3 is 3.07 bits per heavy atom. The Morgan fingerprint density at radius 2 is 2.30 bits per heavy atom. The summed E-state index contributed by atoms with van der Waals surface area (Å²) >= 11 is 0. The third-order valence-corrected chi connectivity index (χ3v) is 4.73. The molecule has 3 aliphatic heterocycles. The number of aryl methyl sites for hydroxylation is 1. The SMILES string of the molecule is O=C(NCCCn1ccnc1)c1cn(C[C@@H]2CCCO2)cc2c(=O)[nH]nc1-2. The van der Waals surface area contributed by atoms with Gasteiger partial charge in [-0.15, -0.1) is 0 Å². The second-order valence-corrected chi connectivity index (χ2v) is 6.73. The highest BCUT2D eigenvalue weighted by molar-refractivity contribution is 5.99. The largest absolute Gasteiger partial charge is 0.376 e. The van der Waals surface area contributed by atoms with Crippen LogP contribution >= 0.6 is 0 Å². The summed E-state index contributed by atoms with van der Waals surface area (Å²) in [7, 11) is 0. The maximum atomic E-state index is 12.7. The zero-order valence-electron chi connectivity index (χ0n) is 14.9. The van der Waals surface area contributed by atoms with E-state index in [1.165, 1.54) is 0 Å². The number of aromatic amines is 1. The predicted octanol–water partition coefficient (Wildman–Crippen LogP) is 0.872. The van der Waals surface area contributed by atoms with Crippen molar-refractivity contribution >= 4 is 5.91 Å². The van der Waals surface area contributed by atoms with Gasteiger partial charge in [-0.25, -0.2) is 10.1 Å². The predicted molar refractivity (Wildman–Crippen MR) is 97.6 cm³/mol. The van der Waals surface area contributed by atoms with Crippen LogP contribution in [0.1, 0.15) is 29.6 Å². The van der Waals surface area contributed by atoms with Gasteiger partial charge in [0.25, 0.3) is 11.5 Å². The normalized spacial score (nSPS) is 16.8. The highest BCUT2D eigenvalue weighted by Crippen LogP contribution is 2.21. The molecule has 1 aromatic rings. The number of nitrogens with zero attached hydrogens (tertiary/aromatic N) is 4. The fourth-order valence-corrected chi connectivity index (χ4v) is 3.36. The molecule has 0 spiro atoms. The minimum absolute atomic E-state index is 0.112. The lowest BCUT2D eigenvalue weighted by atomic mass is 10.1. The van der Waals surface area contributed by atoms with Gasteiger partial charge in [-0.1, -0.05) is 0 Å². The summed E-state index contributed by atoms with van der Waals surface area (Å²) in [4.78, 5) is 28.7. The number of nitrogens with one attached hydrogen (secondary N) is 2. The van der Waals surface area contributed by atoms with Crippen molar-refractivity contribution in [1.29, 1.82) is 0 Å². The van der Waals surface area contributed by atoms with Gasteiger partial charge in [0.15, 0.2) is 0 Å². The molecule has 9 nitrogen and oxygen atoms in total. The molecule has 1 amide bonds. The summed E-state index contributed by atoms with van der Waals surface area (Å²) < 4.78 is 9.48. The number of carbonyl (C=O) groups excluding carboxylic acids is 1. The molecule has 1 saturated heterocycles. The van der Waals surface area contributed by atoms with Crippen molar-refractivity contribution in [2.24, 2.45) is 0 Å². The van der Waals surface area contributed by atoms with Gasteiger partial charge >= 0.3 is 0 Å². The Balaban J connectivity index is 1.47. The fraction of sp³-hybridized carbons (Fsp3) is 0.444. The van der Waals surface area contributed by atoms with E-state index in [-0.39, 0.29) is 17.6 Å². The molecule has 1 fully saturated rings. The first-order chi connectivity index (χ1) is 13.2. The first-order valence-electron chi connectivity index (χ1n) is 9.14. The van der Waals surface area contributed by atoms with Crippen LogP contribution < -0.4 is 10.9 Å². The average molecular weight is 370 g/mol. The smallest absolute Gasteiger partial charge is 0.275 e. The highest BCUT2D eigenvalue weighted by atomic mass is 16.5. The van der Waals surface area contributed by atoms with Gasteiger partial charge in [-0.2, -0.15) is 5.10 Å². The van der Waals surface area contributed by atoms with Crippen LogP contribution in [0.2, 0.25) is 0 Å². The molecule has 142 valence electrons. The van der Waals surface area contributed by atoms with Crippen LogP contribution in [-0.4, -0.2) is 49.5 Å². The van der Waals surface area contributed by atoms with Crippen LogP contribution in [0.15, 0.2) is 35.9 Å². The minimum Gasteiger partial charge on any atom is -0.376 e. The van der Waals surface area contributed by atoms with E-state index >= 15 is 0 Å². The number of H-pyrrole nitrogens is 1. The maximum absolute atomic E-state index is 12.7. The summed E-state index contributed by atoms with van der Waals surface area (Å²) in [6, 6.07) is 0. The van der Waals surface area contributed by atoms with E-state index in [0.717, 1.165) is 32.4 Å². The first kappa shape index (κ1) is 17.5. The molecule has 2 N–H and O–H groups in total. The number of amides is 1. The number of carbonyl (C=O) groups is 1. The summed E-state index contributed by atoms with van der Waals surface area (Å²) in [6.07, 6.45) is 11.7. The molecule has 9 heteroatoms. The lowest BCUT2D eigenvalue weighted by Crippen LogP contribution is -2.27. The average Bonchev–Trinajstić information content (AvgIpc) is 3.42. The van der Waals surface area contributed by atoms with Crippen molar-refractivity contribution in [1.82, 2.24) is 29.6 Å². The first-order valence-corrected chi connectivity index (χ1v) is 9.14. The van der Waals surface area contributed by atoms with Gasteiger partial charge in [-0.3, -0.25) is 9.59 Å². The molecule has 3 aliphatic rings. The van der Waals surface area contributed by atoms with Crippen LogP contribution in [0, 0.1) is 0 Å². The van der Waals surface area contributed by atoms with Crippen LogP contribution in [0.5, 0.6) is 0 Å². The quantitative estimate of drug-likeness (QED) is 0.600. The van der Waals surface area contributed by atoms with E-state index in [4.69, 9.17) is 4.74 Å². The number of hydrogen-bond acceptors (Lipinski definition) is 5. The number of rotatable bonds is 7. The van der Waals surface area contributed by atoms with Gasteiger partial charge in [-0.05, 0) is 19.3 Å². The maximum Gasteiger partial charge on any atom is 0.275 e. The van der Waals surface area contributed by atoms with E-state index in [1.807, 2.05) is 15.3 Å². The van der Waals surface area contributed by atoms with Gasteiger partial charge in [0.05, 0.1) is 23.6 Å². The van der Waals surface area contributed by atoms with Crippen molar-refractivity contribution in [3.63, 3.8) is 0 Å². The zero-order chi connectivity index (χ0) is 18.6. The van der Waals surface area contributed by atoms with Crippen molar-refractivity contribution in [3.05, 3.63) is 47.0 Å². The third-order valence-electron chi connectivity index (χ3n) is 4.73. The molecule has 0 unspecified atom stereocenters. The van der Waals surface area contributed by atoms with Crippen LogP contribution in [-0.2, 0) is 17.8 Å². The molecule has 0 saturated carbocycles. The van der Waals surface area contributed by atoms with Crippen molar-refractivity contribution < 1.29 is 9.53 Å². The molecule has 1 aromatic heterocycles. The lowest BCUT2D eigenvalue weighted by molar-refractivity contribution is 0.0937. The summed E-state index contributed by atoms with van der Waals surface area (Å²) in [6.45, 7) is 2.67. The number of pyridine rings is 1. The van der Waals surface area contributed by atoms with Crippen LogP contribution in [0.25, 0.3) is 11.3 Å². The van der Waals surface area contributed by atoms with Crippen molar-refractivity contribution in [2.45, 2.75) is 38.5 Å².